The fourth-order valence-corrected chi connectivity index (χ4v) is 2.54. The summed E-state index contributed by atoms with van der Waals surface area (Å²) in [5, 5.41) is 0. The van der Waals surface area contributed by atoms with E-state index in [2.05, 4.69) is 6.92 Å². The largest absolute Gasteiger partial charge is 0.425 e. The van der Waals surface area contributed by atoms with E-state index in [0.29, 0.717) is 19.3 Å². The van der Waals surface area contributed by atoms with E-state index in [-0.39, 0.29) is 11.9 Å². The Balaban J connectivity index is 2.31. The Bertz CT molecular complexity index is 279. The molecule has 1 rings (SSSR count). The number of cyclic esters (lactones) is 2. The summed E-state index contributed by atoms with van der Waals surface area (Å²) in [5.41, 5.74) is 0. The second-order valence-electron chi connectivity index (χ2n) is 5.88. The lowest BCUT2D eigenvalue weighted by molar-refractivity contribution is -0.189. The molecule has 0 aromatic heterocycles. The summed E-state index contributed by atoms with van der Waals surface area (Å²) in [7, 11) is 0. The van der Waals surface area contributed by atoms with E-state index in [4.69, 9.17) is 9.47 Å². The number of hydrogen-bond donors (Lipinski definition) is 0. The molecule has 21 heavy (non-hydrogen) atoms. The molecular formula is C17H30O4. The molecule has 0 aliphatic carbocycles. The van der Waals surface area contributed by atoms with Gasteiger partial charge in [0.2, 0.25) is 6.29 Å². The SMILES string of the molecule is CCCCCCCCC1OC(=O)CCCCCCC(=O)O1. The second kappa shape index (κ2) is 11.6. The Labute approximate surface area is 128 Å². The highest BCUT2D eigenvalue weighted by atomic mass is 16.7. The van der Waals surface area contributed by atoms with Gasteiger partial charge in [0.25, 0.3) is 0 Å². The summed E-state index contributed by atoms with van der Waals surface area (Å²) in [6.07, 6.45) is 11.5. The van der Waals surface area contributed by atoms with Crippen LogP contribution in [-0.4, -0.2) is 18.2 Å². The van der Waals surface area contributed by atoms with E-state index in [9.17, 15) is 9.59 Å². The van der Waals surface area contributed by atoms with Crippen LogP contribution >= 0.6 is 0 Å². The molecular weight excluding hydrogens is 268 g/mol. The summed E-state index contributed by atoms with van der Waals surface area (Å²) in [6, 6.07) is 0. The Morgan fingerprint density at radius 3 is 1.90 bits per heavy atom. The monoisotopic (exact) mass is 298 g/mol. The maximum absolute atomic E-state index is 11.7. The van der Waals surface area contributed by atoms with Crippen molar-refractivity contribution < 1.29 is 19.1 Å². The van der Waals surface area contributed by atoms with Crippen molar-refractivity contribution >= 4 is 11.9 Å². The van der Waals surface area contributed by atoms with Crippen LogP contribution in [0.5, 0.6) is 0 Å². The molecule has 1 aliphatic heterocycles. The molecule has 0 unspecified atom stereocenters. The molecule has 0 aromatic carbocycles. The average molecular weight is 298 g/mol. The van der Waals surface area contributed by atoms with Gasteiger partial charge < -0.3 is 9.47 Å². The Kier molecular flexibility index (Phi) is 9.92. The molecule has 0 amide bonds. The van der Waals surface area contributed by atoms with Crippen LogP contribution in [0.15, 0.2) is 0 Å². The molecule has 122 valence electrons. The van der Waals surface area contributed by atoms with Gasteiger partial charge in [-0.2, -0.15) is 0 Å². The highest BCUT2D eigenvalue weighted by Crippen LogP contribution is 2.16. The predicted octanol–water partition coefficient (Wildman–Crippen LogP) is 4.50. The molecule has 0 spiro atoms. The van der Waals surface area contributed by atoms with Gasteiger partial charge in [-0.25, -0.2) is 0 Å². The van der Waals surface area contributed by atoms with Crippen LogP contribution in [0.4, 0.5) is 0 Å². The van der Waals surface area contributed by atoms with Crippen molar-refractivity contribution in [1.29, 1.82) is 0 Å². The van der Waals surface area contributed by atoms with Crippen molar-refractivity contribution in [2.75, 3.05) is 0 Å². The van der Waals surface area contributed by atoms with Crippen LogP contribution < -0.4 is 0 Å². The van der Waals surface area contributed by atoms with Crippen molar-refractivity contribution in [3.8, 4) is 0 Å². The standard InChI is InChI=1S/C17H30O4/c1-2-3-4-5-6-11-14-17-20-15(18)12-9-7-8-10-13-16(19)21-17/h17H,2-14H2,1H3. The van der Waals surface area contributed by atoms with Crippen LogP contribution in [0.1, 0.15) is 90.4 Å². The van der Waals surface area contributed by atoms with Crippen LogP contribution in [0.25, 0.3) is 0 Å². The Hall–Kier alpha value is -1.06. The number of ether oxygens (including phenoxy) is 2. The third kappa shape index (κ3) is 9.48. The lowest BCUT2D eigenvalue weighted by Gasteiger charge is -2.18. The first-order chi connectivity index (χ1) is 10.2. The summed E-state index contributed by atoms with van der Waals surface area (Å²) < 4.78 is 10.6. The molecule has 1 saturated heterocycles. The van der Waals surface area contributed by atoms with E-state index >= 15 is 0 Å². The maximum atomic E-state index is 11.7. The van der Waals surface area contributed by atoms with Crippen molar-refractivity contribution in [2.45, 2.75) is 96.7 Å². The molecule has 1 fully saturated rings. The lowest BCUT2D eigenvalue weighted by atomic mass is 10.1. The number of rotatable bonds is 7. The number of hydrogen-bond acceptors (Lipinski definition) is 4. The van der Waals surface area contributed by atoms with Gasteiger partial charge in [-0.15, -0.1) is 0 Å². The van der Waals surface area contributed by atoms with E-state index in [0.717, 1.165) is 38.5 Å². The topological polar surface area (TPSA) is 52.6 Å². The third-order valence-electron chi connectivity index (χ3n) is 3.83. The quantitative estimate of drug-likeness (QED) is 0.513. The minimum Gasteiger partial charge on any atom is -0.425 e. The first kappa shape index (κ1) is 18.0. The van der Waals surface area contributed by atoms with Gasteiger partial charge in [-0.3, -0.25) is 9.59 Å². The lowest BCUT2D eigenvalue weighted by Crippen LogP contribution is -2.24. The fraction of sp³-hybridized carbons (Fsp3) is 0.882. The molecule has 0 radical (unpaired) electrons. The average Bonchev–Trinajstić information content (AvgIpc) is 2.48. The normalized spacial score (nSPS) is 18.7. The van der Waals surface area contributed by atoms with Gasteiger partial charge in [0.1, 0.15) is 0 Å². The van der Waals surface area contributed by atoms with Crippen molar-refractivity contribution in [2.24, 2.45) is 0 Å². The number of unbranched alkanes of at least 4 members (excludes halogenated alkanes) is 5. The summed E-state index contributed by atoms with van der Waals surface area (Å²) in [4.78, 5) is 23.4. The zero-order valence-electron chi connectivity index (χ0n) is 13.4. The van der Waals surface area contributed by atoms with Gasteiger partial charge in [-0.1, -0.05) is 51.9 Å². The highest BCUT2D eigenvalue weighted by Gasteiger charge is 2.19. The summed E-state index contributed by atoms with van der Waals surface area (Å²) in [5.74, 6) is -0.471. The molecule has 0 N–H and O–H groups in total. The van der Waals surface area contributed by atoms with E-state index in [1.165, 1.54) is 25.7 Å². The number of carbonyl (C=O) groups is 2. The van der Waals surface area contributed by atoms with E-state index in [1.54, 1.807) is 0 Å². The second-order valence-corrected chi connectivity index (χ2v) is 5.88. The summed E-state index contributed by atoms with van der Waals surface area (Å²) in [6.45, 7) is 2.20. The van der Waals surface area contributed by atoms with Crippen molar-refractivity contribution in [1.82, 2.24) is 0 Å². The fourth-order valence-electron chi connectivity index (χ4n) is 2.54. The Morgan fingerprint density at radius 2 is 1.33 bits per heavy atom. The number of esters is 2. The highest BCUT2D eigenvalue weighted by molar-refractivity contribution is 5.71. The summed E-state index contributed by atoms with van der Waals surface area (Å²) >= 11 is 0. The maximum Gasteiger partial charge on any atom is 0.308 e. The molecule has 0 atom stereocenters. The molecule has 1 aliphatic rings. The van der Waals surface area contributed by atoms with Gasteiger partial charge in [0.15, 0.2) is 0 Å². The van der Waals surface area contributed by atoms with Crippen LogP contribution in [0.2, 0.25) is 0 Å². The smallest absolute Gasteiger partial charge is 0.308 e. The van der Waals surface area contributed by atoms with Crippen LogP contribution in [-0.2, 0) is 19.1 Å². The van der Waals surface area contributed by atoms with Crippen LogP contribution in [0.3, 0.4) is 0 Å². The molecule has 1 heterocycles. The Morgan fingerprint density at radius 1 is 0.810 bits per heavy atom. The van der Waals surface area contributed by atoms with Gasteiger partial charge >= 0.3 is 11.9 Å². The van der Waals surface area contributed by atoms with E-state index < -0.39 is 6.29 Å². The predicted molar refractivity (Wildman–Crippen MR) is 81.7 cm³/mol. The number of carbonyl (C=O) groups excluding carboxylic acids is 2. The first-order valence-electron chi connectivity index (χ1n) is 8.61. The molecule has 0 saturated carbocycles. The molecule has 4 heteroatoms. The van der Waals surface area contributed by atoms with Gasteiger partial charge in [-0.05, 0) is 19.3 Å². The van der Waals surface area contributed by atoms with Crippen molar-refractivity contribution in [3.05, 3.63) is 0 Å². The first-order valence-corrected chi connectivity index (χ1v) is 8.61. The molecule has 4 nitrogen and oxygen atoms in total. The van der Waals surface area contributed by atoms with E-state index in [1.807, 2.05) is 0 Å². The van der Waals surface area contributed by atoms with Gasteiger partial charge in [0, 0.05) is 19.3 Å². The minimum absolute atomic E-state index is 0.235. The zero-order chi connectivity index (χ0) is 15.3. The third-order valence-corrected chi connectivity index (χ3v) is 3.83. The van der Waals surface area contributed by atoms with Gasteiger partial charge in [0.05, 0.1) is 0 Å². The zero-order valence-corrected chi connectivity index (χ0v) is 13.4. The van der Waals surface area contributed by atoms with Crippen LogP contribution in [0, 0.1) is 0 Å². The van der Waals surface area contributed by atoms with Crippen molar-refractivity contribution in [3.63, 3.8) is 0 Å². The molecule has 0 aromatic rings. The molecule has 0 bridgehead atoms. The minimum atomic E-state index is -0.672.